The molecule has 0 aliphatic rings. The van der Waals surface area contributed by atoms with E-state index in [0.717, 1.165) is 11.1 Å². The van der Waals surface area contributed by atoms with Crippen molar-refractivity contribution >= 4 is 0 Å². The zero-order valence-electron chi connectivity index (χ0n) is 10.6. The Labute approximate surface area is 111 Å². The first kappa shape index (κ1) is 13.1. The number of rotatable bonds is 4. The number of aromatic nitrogens is 1. The van der Waals surface area contributed by atoms with Gasteiger partial charge in [-0.25, -0.2) is 4.98 Å². The van der Waals surface area contributed by atoms with Gasteiger partial charge in [0.05, 0.1) is 6.10 Å². The molecule has 0 aliphatic carbocycles. The standard InChI is InChI=1S/C15H14N2O2/c1-11(18)13-6-2-3-7-15(13)19-10-12-5-4-8-17-14(12)9-16/h2-8,11,18H,10H2,1H3. The van der Waals surface area contributed by atoms with Crippen LogP contribution in [0.4, 0.5) is 0 Å². The van der Waals surface area contributed by atoms with E-state index in [1.54, 1.807) is 31.3 Å². The quantitative estimate of drug-likeness (QED) is 0.910. The second-order valence-electron chi connectivity index (χ2n) is 4.13. The molecule has 0 radical (unpaired) electrons. The zero-order chi connectivity index (χ0) is 13.7. The average Bonchev–Trinajstić information content (AvgIpc) is 2.45. The van der Waals surface area contributed by atoms with Crippen LogP contribution in [-0.4, -0.2) is 10.1 Å². The Hall–Kier alpha value is -2.38. The van der Waals surface area contributed by atoms with Gasteiger partial charge < -0.3 is 9.84 Å². The van der Waals surface area contributed by atoms with E-state index in [1.807, 2.05) is 24.3 Å². The van der Waals surface area contributed by atoms with Gasteiger partial charge in [-0.15, -0.1) is 0 Å². The highest BCUT2D eigenvalue weighted by molar-refractivity contribution is 5.36. The van der Waals surface area contributed by atoms with Crippen LogP contribution in [0.15, 0.2) is 42.6 Å². The van der Waals surface area contributed by atoms with Crippen LogP contribution in [0.5, 0.6) is 5.75 Å². The van der Waals surface area contributed by atoms with Crippen LogP contribution >= 0.6 is 0 Å². The molecule has 2 aromatic rings. The number of nitriles is 1. The number of pyridine rings is 1. The van der Waals surface area contributed by atoms with Crippen LogP contribution in [0.2, 0.25) is 0 Å². The van der Waals surface area contributed by atoms with Gasteiger partial charge in [-0.2, -0.15) is 5.26 Å². The Morgan fingerprint density at radius 1 is 1.32 bits per heavy atom. The molecular formula is C15H14N2O2. The molecule has 0 fully saturated rings. The Bertz CT molecular complexity index is 603. The van der Waals surface area contributed by atoms with Crippen molar-refractivity contribution in [1.82, 2.24) is 4.98 Å². The number of para-hydroxylation sites is 1. The fraction of sp³-hybridized carbons (Fsp3) is 0.200. The second-order valence-corrected chi connectivity index (χ2v) is 4.13. The Kier molecular flexibility index (Phi) is 4.11. The fourth-order valence-corrected chi connectivity index (χ4v) is 1.77. The molecule has 1 atom stereocenters. The summed E-state index contributed by atoms with van der Waals surface area (Å²) in [5.74, 6) is 0.616. The summed E-state index contributed by atoms with van der Waals surface area (Å²) in [5.41, 5.74) is 1.81. The number of ether oxygens (including phenoxy) is 1. The zero-order valence-corrected chi connectivity index (χ0v) is 10.6. The third-order valence-corrected chi connectivity index (χ3v) is 2.75. The van der Waals surface area contributed by atoms with E-state index in [9.17, 15) is 5.11 Å². The monoisotopic (exact) mass is 254 g/mol. The molecule has 0 saturated carbocycles. The summed E-state index contributed by atoms with van der Waals surface area (Å²) in [7, 11) is 0. The maximum atomic E-state index is 9.66. The van der Waals surface area contributed by atoms with Crippen molar-refractivity contribution in [3.05, 3.63) is 59.4 Å². The summed E-state index contributed by atoms with van der Waals surface area (Å²) in [6, 6.07) is 12.9. The first-order valence-electron chi connectivity index (χ1n) is 5.96. The summed E-state index contributed by atoms with van der Waals surface area (Å²) in [6.45, 7) is 1.94. The number of aliphatic hydroxyl groups is 1. The van der Waals surface area contributed by atoms with Crippen LogP contribution in [0.25, 0.3) is 0 Å². The number of aliphatic hydroxyl groups excluding tert-OH is 1. The molecule has 0 aliphatic heterocycles. The molecule has 1 aromatic heterocycles. The fourth-order valence-electron chi connectivity index (χ4n) is 1.77. The normalized spacial score (nSPS) is 11.6. The van der Waals surface area contributed by atoms with E-state index in [1.165, 1.54) is 0 Å². The van der Waals surface area contributed by atoms with E-state index in [0.29, 0.717) is 11.4 Å². The minimum atomic E-state index is -0.597. The minimum Gasteiger partial charge on any atom is -0.488 e. The van der Waals surface area contributed by atoms with Crippen molar-refractivity contribution in [3.8, 4) is 11.8 Å². The lowest BCUT2D eigenvalue weighted by Gasteiger charge is -2.13. The molecule has 1 aromatic carbocycles. The van der Waals surface area contributed by atoms with E-state index in [2.05, 4.69) is 4.98 Å². The average molecular weight is 254 g/mol. The van der Waals surface area contributed by atoms with Gasteiger partial charge in [0.1, 0.15) is 24.1 Å². The van der Waals surface area contributed by atoms with Gasteiger partial charge in [0.2, 0.25) is 0 Å². The van der Waals surface area contributed by atoms with Gasteiger partial charge in [0.15, 0.2) is 0 Å². The predicted molar refractivity (Wildman–Crippen MR) is 70.4 cm³/mol. The summed E-state index contributed by atoms with van der Waals surface area (Å²) in [5, 5.41) is 18.6. The first-order valence-corrected chi connectivity index (χ1v) is 5.96. The van der Waals surface area contributed by atoms with Crippen molar-refractivity contribution in [2.24, 2.45) is 0 Å². The highest BCUT2D eigenvalue weighted by Gasteiger charge is 2.09. The molecule has 0 bridgehead atoms. The number of hydrogen-bond acceptors (Lipinski definition) is 4. The third kappa shape index (κ3) is 3.09. The van der Waals surface area contributed by atoms with Crippen LogP contribution < -0.4 is 4.74 Å². The van der Waals surface area contributed by atoms with Crippen molar-refractivity contribution in [2.75, 3.05) is 0 Å². The van der Waals surface area contributed by atoms with E-state index < -0.39 is 6.10 Å². The Morgan fingerprint density at radius 2 is 2.11 bits per heavy atom. The van der Waals surface area contributed by atoms with E-state index in [4.69, 9.17) is 10.00 Å². The van der Waals surface area contributed by atoms with E-state index in [-0.39, 0.29) is 6.61 Å². The lowest BCUT2D eigenvalue weighted by molar-refractivity contribution is 0.190. The molecule has 4 heteroatoms. The third-order valence-electron chi connectivity index (χ3n) is 2.75. The van der Waals surface area contributed by atoms with Crippen LogP contribution in [-0.2, 0) is 6.61 Å². The maximum absolute atomic E-state index is 9.66. The highest BCUT2D eigenvalue weighted by atomic mass is 16.5. The molecule has 4 nitrogen and oxygen atoms in total. The Morgan fingerprint density at radius 3 is 2.84 bits per heavy atom. The van der Waals surface area contributed by atoms with Gasteiger partial charge in [0.25, 0.3) is 0 Å². The molecule has 0 saturated heterocycles. The molecule has 0 amide bonds. The minimum absolute atomic E-state index is 0.250. The molecule has 1 N–H and O–H groups in total. The van der Waals surface area contributed by atoms with Gasteiger partial charge in [-0.05, 0) is 19.1 Å². The van der Waals surface area contributed by atoms with Gasteiger partial charge in [-0.1, -0.05) is 24.3 Å². The smallest absolute Gasteiger partial charge is 0.147 e. The SMILES string of the molecule is CC(O)c1ccccc1OCc1cccnc1C#N. The second kappa shape index (κ2) is 5.98. The molecule has 1 heterocycles. The molecule has 96 valence electrons. The number of benzene rings is 1. The van der Waals surface area contributed by atoms with Gasteiger partial charge in [-0.3, -0.25) is 0 Å². The molecule has 2 rings (SSSR count). The van der Waals surface area contributed by atoms with Crippen LogP contribution in [0, 0.1) is 11.3 Å². The lowest BCUT2D eigenvalue weighted by atomic mass is 10.1. The van der Waals surface area contributed by atoms with Gasteiger partial charge in [0, 0.05) is 17.3 Å². The largest absolute Gasteiger partial charge is 0.488 e. The van der Waals surface area contributed by atoms with Crippen molar-refractivity contribution < 1.29 is 9.84 Å². The lowest BCUT2D eigenvalue weighted by Crippen LogP contribution is -2.03. The van der Waals surface area contributed by atoms with Crippen LogP contribution in [0.1, 0.15) is 29.8 Å². The molecular weight excluding hydrogens is 240 g/mol. The van der Waals surface area contributed by atoms with Crippen LogP contribution in [0.3, 0.4) is 0 Å². The maximum Gasteiger partial charge on any atom is 0.147 e. The Balaban J connectivity index is 2.18. The van der Waals surface area contributed by atoms with Crippen molar-refractivity contribution in [3.63, 3.8) is 0 Å². The molecule has 19 heavy (non-hydrogen) atoms. The van der Waals surface area contributed by atoms with Gasteiger partial charge >= 0.3 is 0 Å². The molecule has 0 spiro atoms. The van der Waals surface area contributed by atoms with Crippen molar-refractivity contribution in [2.45, 2.75) is 19.6 Å². The van der Waals surface area contributed by atoms with E-state index >= 15 is 0 Å². The first-order chi connectivity index (χ1) is 9.22. The number of hydrogen-bond donors (Lipinski definition) is 1. The highest BCUT2D eigenvalue weighted by Crippen LogP contribution is 2.25. The summed E-state index contributed by atoms with van der Waals surface area (Å²) < 4.78 is 5.68. The summed E-state index contributed by atoms with van der Waals surface area (Å²) in [6.07, 6.45) is 0.978. The molecule has 1 unspecified atom stereocenters. The van der Waals surface area contributed by atoms with Crippen molar-refractivity contribution in [1.29, 1.82) is 5.26 Å². The topological polar surface area (TPSA) is 66.1 Å². The summed E-state index contributed by atoms with van der Waals surface area (Å²) in [4.78, 5) is 3.98. The predicted octanol–water partition coefficient (Wildman–Crippen LogP) is 2.59. The summed E-state index contributed by atoms with van der Waals surface area (Å²) >= 11 is 0. The number of nitrogens with zero attached hydrogens (tertiary/aromatic N) is 2.